The van der Waals surface area contributed by atoms with E-state index in [1.54, 1.807) is 14.2 Å². The van der Waals surface area contributed by atoms with Crippen LogP contribution in [0.4, 0.5) is 0 Å². The van der Waals surface area contributed by atoms with Crippen LogP contribution in [0.5, 0.6) is 11.5 Å². The third-order valence-electron chi connectivity index (χ3n) is 4.14. The van der Waals surface area contributed by atoms with Crippen LogP contribution in [0.25, 0.3) is 0 Å². The van der Waals surface area contributed by atoms with Gasteiger partial charge in [0.2, 0.25) is 0 Å². The first kappa shape index (κ1) is 14.2. The molecule has 2 rings (SSSR count). The Kier molecular flexibility index (Phi) is 4.04. The highest BCUT2D eigenvalue weighted by Crippen LogP contribution is 2.41. The summed E-state index contributed by atoms with van der Waals surface area (Å²) in [4.78, 5) is 0. The molecular formula is C16H25NO2. The van der Waals surface area contributed by atoms with Crippen LogP contribution < -0.4 is 14.8 Å². The summed E-state index contributed by atoms with van der Waals surface area (Å²) in [5.74, 6) is 2.26. The van der Waals surface area contributed by atoms with Crippen LogP contribution in [0.1, 0.15) is 50.7 Å². The van der Waals surface area contributed by atoms with Crippen LogP contribution in [-0.2, 0) is 5.54 Å². The SMILES string of the molecule is COc1cc(OC)c(C2(C)CCCN2)cc1C(C)C. The fourth-order valence-electron chi connectivity index (χ4n) is 2.93. The Balaban J connectivity index is 2.55. The van der Waals surface area contributed by atoms with Gasteiger partial charge in [0.1, 0.15) is 11.5 Å². The van der Waals surface area contributed by atoms with E-state index in [0.29, 0.717) is 5.92 Å². The van der Waals surface area contributed by atoms with Crippen molar-refractivity contribution in [2.75, 3.05) is 20.8 Å². The molecule has 1 unspecified atom stereocenters. The maximum atomic E-state index is 5.58. The maximum Gasteiger partial charge on any atom is 0.127 e. The van der Waals surface area contributed by atoms with Gasteiger partial charge < -0.3 is 14.8 Å². The molecule has 1 saturated heterocycles. The molecule has 0 spiro atoms. The molecule has 0 bridgehead atoms. The molecule has 3 nitrogen and oxygen atoms in total. The second kappa shape index (κ2) is 5.41. The van der Waals surface area contributed by atoms with Gasteiger partial charge in [-0.2, -0.15) is 0 Å². The average molecular weight is 263 g/mol. The lowest BCUT2D eigenvalue weighted by atomic mass is 9.86. The van der Waals surface area contributed by atoms with Crippen LogP contribution in [0.15, 0.2) is 12.1 Å². The van der Waals surface area contributed by atoms with Gasteiger partial charge in [-0.25, -0.2) is 0 Å². The van der Waals surface area contributed by atoms with Crippen molar-refractivity contribution in [1.29, 1.82) is 0 Å². The molecule has 1 fully saturated rings. The molecule has 0 radical (unpaired) electrons. The van der Waals surface area contributed by atoms with Crippen LogP contribution >= 0.6 is 0 Å². The molecule has 1 aromatic rings. The normalized spacial score (nSPS) is 22.8. The molecule has 1 aliphatic rings. The summed E-state index contributed by atoms with van der Waals surface area (Å²) in [6.07, 6.45) is 2.36. The molecule has 19 heavy (non-hydrogen) atoms. The van der Waals surface area contributed by atoms with Gasteiger partial charge in [0, 0.05) is 17.2 Å². The van der Waals surface area contributed by atoms with E-state index in [-0.39, 0.29) is 5.54 Å². The minimum atomic E-state index is 0.0151. The highest BCUT2D eigenvalue weighted by molar-refractivity contribution is 5.50. The van der Waals surface area contributed by atoms with Crippen LogP contribution in [0.2, 0.25) is 0 Å². The van der Waals surface area contributed by atoms with Gasteiger partial charge in [0.15, 0.2) is 0 Å². The second-order valence-electron chi connectivity index (χ2n) is 5.81. The van der Waals surface area contributed by atoms with Gasteiger partial charge in [0.25, 0.3) is 0 Å². The topological polar surface area (TPSA) is 30.5 Å². The van der Waals surface area contributed by atoms with Crippen molar-refractivity contribution in [3.8, 4) is 11.5 Å². The lowest BCUT2D eigenvalue weighted by Gasteiger charge is -2.29. The van der Waals surface area contributed by atoms with E-state index in [0.717, 1.165) is 24.5 Å². The van der Waals surface area contributed by atoms with Crippen molar-refractivity contribution < 1.29 is 9.47 Å². The maximum absolute atomic E-state index is 5.58. The lowest BCUT2D eigenvalue weighted by Crippen LogP contribution is -2.33. The van der Waals surface area contributed by atoms with Crippen LogP contribution in [0.3, 0.4) is 0 Å². The fraction of sp³-hybridized carbons (Fsp3) is 0.625. The predicted molar refractivity (Wildman–Crippen MR) is 78.2 cm³/mol. The number of rotatable bonds is 4. The molecule has 0 aliphatic carbocycles. The molecule has 1 aliphatic heterocycles. The summed E-state index contributed by atoms with van der Waals surface area (Å²) in [5, 5.41) is 3.61. The Morgan fingerprint density at radius 1 is 1.16 bits per heavy atom. The van der Waals surface area contributed by atoms with E-state index >= 15 is 0 Å². The minimum Gasteiger partial charge on any atom is -0.496 e. The van der Waals surface area contributed by atoms with Crippen molar-refractivity contribution in [2.24, 2.45) is 0 Å². The van der Waals surface area contributed by atoms with E-state index in [1.165, 1.54) is 17.5 Å². The molecule has 106 valence electrons. The van der Waals surface area contributed by atoms with Crippen molar-refractivity contribution in [3.05, 3.63) is 23.3 Å². The number of methoxy groups -OCH3 is 2. The highest BCUT2D eigenvalue weighted by Gasteiger charge is 2.33. The van der Waals surface area contributed by atoms with Crippen molar-refractivity contribution in [2.45, 2.75) is 45.1 Å². The highest BCUT2D eigenvalue weighted by atomic mass is 16.5. The zero-order valence-corrected chi connectivity index (χ0v) is 12.7. The van der Waals surface area contributed by atoms with Gasteiger partial charge in [0.05, 0.1) is 14.2 Å². The van der Waals surface area contributed by atoms with E-state index in [2.05, 4.69) is 32.2 Å². The first-order chi connectivity index (χ1) is 9.01. The first-order valence-electron chi connectivity index (χ1n) is 7.03. The standard InChI is InChI=1S/C16H25NO2/c1-11(2)12-9-13(16(3)7-6-8-17-16)15(19-5)10-14(12)18-4/h9-11,17H,6-8H2,1-5H3. The molecular weight excluding hydrogens is 238 g/mol. The molecule has 1 heterocycles. The number of hydrogen-bond acceptors (Lipinski definition) is 3. The second-order valence-corrected chi connectivity index (χ2v) is 5.81. The Hall–Kier alpha value is -1.22. The summed E-state index contributed by atoms with van der Waals surface area (Å²) in [7, 11) is 3.45. The van der Waals surface area contributed by atoms with Gasteiger partial charge in [-0.1, -0.05) is 13.8 Å². The van der Waals surface area contributed by atoms with E-state index in [9.17, 15) is 0 Å². The Morgan fingerprint density at radius 3 is 2.32 bits per heavy atom. The Bertz CT molecular complexity index is 448. The average Bonchev–Trinajstić information content (AvgIpc) is 2.84. The van der Waals surface area contributed by atoms with Crippen molar-refractivity contribution in [1.82, 2.24) is 5.32 Å². The quantitative estimate of drug-likeness (QED) is 0.903. The number of hydrogen-bond donors (Lipinski definition) is 1. The number of benzene rings is 1. The van der Waals surface area contributed by atoms with Crippen molar-refractivity contribution in [3.63, 3.8) is 0 Å². The summed E-state index contributed by atoms with van der Waals surface area (Å²) in [6, 6.07) is 4.27. The summed E-state index contributed by atoms with van der Waals surface area (Å²) < 4.78 is 11.1. The van der Waals surface area contributed by atoms with Gasteiger partial charge in [-0.3, -0.25) is 0 Å². The minimum absolute atomic E-state index is 0.0151. The van der Waals surface area contributed by atoms with Gasteiger partial charge in [-0.15, -0.1) is 0 Å². The zero-order chi connectivity index (χ0) is 14.0. The Morgan fingerprint density at radius 2 is 1.84 bits per heavy atom. The third kappa shape index (κ3) is 2.57. The molecule has 1 N–H and O–H groups in total. The summed E-state index contributed by atoms with van der Waals surface area (Å²) >= 11 is 0. The smallest absolute Gasteiger partial charge is 0.127 e. The van der Waals surface area contributed by atoms with Crippen LogP contribution in [-0.4, -0.2) is 20.8 Å². The summed E-state index contributed by atoms with van der Waals surface area (Å²) in [5.41, 5.74) is 2.51. The zero-order valence-electron chi connectivity index (χ0n) is 12.7. The molecule has 3 heteroatoms. The van der Waals surface area contributed by atoms with Gasteiger partial charge in [-0.05, 0) is 43.9 Å². The monoisotopic (exact) mass is 263 g/mol. The molecule has 1 atom stereocenters. The molecule has 0 saturated carbocycles. The third-order valence-corrected chi connectivity index (χ3v) is 4.14. The molecule has 0 amide bonds. The van der Waals surface area contributed by atoms with E-state index in [4.69, 9.17) is 9.47 Å². The lowest BCUT2D eigenvalue weighted by molar-refractivity contribution is 0.360. The fourth-order valence-corrected chi connectivity index (χ4v) is 2.93. The van der Waals surface area contributed by atoms with Crippen LogP contribution in [0, 0.1) is 0 Å². The summed E-state index contributed by atoms with van der Waals surface area (Å²) in [6.45, 7) is 7.72. The van der Waals surface area contributed by atoms with E-state index < -0.39 is 0 Å². The molecule has 1 aromatic carbocycles. The van der Waals surface area contributed by atoms with E-state index in [1.807, 2.05) is 6.07 Å². The predicted octanol–water partition coefficient (Wildman–Crippen LogP) is 3.43. The van der Waals surface area contributed by atoms with Gasteiger partial charge >= 0.3 is 0 Å². The molecule has 0 aromatic heterocycles. The largest absolute Gasteiger partial charge is 0.496 e. The Labute approximate surface area is 116 Å². The number of ether oxygens (including phenoxy) is 2. The first-order valence-corrected chi connectivity index (χ1v) is 7.03. The number of nitrogens with one attached hydrogen (secondary N) is 1. The van der Waals surface area contributed by atoms with Crippen molar-refractivity contribution >= 4 is 0 Å².